The lowest BCUT2D eigenvalue weighted by atomic mass is 10.1. The second-order valence-electron chi connectivity index (χ2n) is 2.33. The van der Waals surface area contributed by atoms with E-state index in [-0.39, 0.29) is 17.9 Å². The summed E-state index contributed by atoms with van der Waals surface area (Å²) in [5.74, 6) is -0.532. The van der Waals surface area contributed by atoms with Crippen LogP contribution in [0.25, 0.3) is 0 Å². The molecule has 2 N–H and O–H groups in total. The van der Waals surface area contributed by atoms with Crippen LogP contribution in [0.3, 0.4) is 0 Å². The van der Waals surface area contributed by atoms with Crippen molar-refractivity contribution in [3.8, 4) is 0 Å². The molecule has 1 aliphatic rings. The van der Waals surface area contributed by atoms with Gasteiger partial charge in [0.25, 0.3) is 0 Å². The van der Waals surface area contributed by atoms with Crippen LogP contribution in [0, 0.1) is 5.92 Å². The molecule has 0 aromatic heterocycles. The monoisotopic (exact) mass is 145 g/mol. The van der Waals surface area contributed by atoms with Crippen LogP contribution in [0.1, 0.15) is 0 Å². The Morgan fingerprint density at radius 3 is 2.80 bits per heavy atom. The fourth-order valence-corrected chi connectivity index (χ4v) is 0.965. The van der Waals surface area contributed by atoms with E-state index in [1.165, 1.54) is 7.11 Å². The van der Waals surface area contributed by atoms with Crippen LogP contribution in [0.4, 0.5) is 0 Å². The molecule has 1 unspecified atom stereocenters. The van der Waals surface area contributed by atoms with Gasteiger partial charge in [-0.2, -0.15) is 0 Å². The van der Waals surface area contributed by atoms with Crippen LogP contribution in [-0.4, -0.2) is 32.3 Å². The fourth-order valence-electron chi connectivity index (χ4n) is 0.965. The summed E-state index contributed by atoms with van der Waals surface area (Å²) in [5.41, 5.74) is 5.53. The molecule has 4 heteroatoms. The summed E-state index contributed by atoms with van der Waals surface area (Å²) in [5, 5.41) is 0. The van der Waals surface area contributed by atoms with E-state index >= 15 is 0 Å². The van der Waals surface area contributed by atoms with Crippen LogP contribution in [-0.2, 0) is 14.3 Å². The standard InChI is InChI=1S/C6H11NO3/c1-9-6(8)4-2-10-3-5(4)7/h4-5H,2-3,7H2,1H3/t4-,5?/m0/s1. The summed E-state index contributed by atoms with van der Waals surface area (Å²) in [6.07, 6.45) is 0. The molecule has 1 fully saturated rings. The number of hydrogen-bond donors (Lipinski definition) is 1. The first-order valence-electron chi connectivity index (χ1n) is 3.17. The molecule has 0 spiro atoms. The Balaban J connectivity index is 2.46. The Bertz CT molecular complexity index is 137. The van der Waals surface area contributed by atoms with Crippen molar-refractivity contribution in [1.82, 2.24) is 0 Å². The van der Waals surface area contributed by atoms with Crippen molar-refractivity contribution in [3.63, 3.8) is 0 Å². The molecule has 2 atom stereocenters. The summed E-state index contributed by atoms with van der Waals surface area (Å²) in [4.78, 5) is 10.8. The largest absolute Gasteiger partial charge is 0.469 e. The van der Waals surface area contributed by atoms with Crippen molar-refractivity contribution in [2.24, 2.45) is 11.7 Å². The first kappa shape index (κ1) is 7.50. The van der Waals surface area contributed by atoms with Crippen LogP contribution in [0.15, 0.2) is 0 Å². The number of rotatable bonds is 1. The summed E-state index contributed by atoms with van der Waals surface area (Å²) in [6.45, 7) is 0.855. The number of methoxy groups -OCH3 is 1. The number of carbonyl (C=O) groups excluding carboxylic acids is 1. The summed E-state index contributed by atoms with van der Waals surface area (Å²) in [7, 11) is 1.35. The SMILES string of the molecule is COC(=O)[C@H]1COCC1N. The highest BCUT2D eigenvalue weighted by atomic mass is 16.5. The molecule has 0 aliphatic carbocycles. The molecule has 0 radical (unpaired) electrons. The second kappa shape index (κ2) is 2.98. The van der Waals surface area contributed by atoms with E-state index in [4.69, 9.17) is 10.5 Å². The molecule has 1 saturated heterocycles. The summed E-state index contributed by atoms with van der Waals surface area (Å²) < 4.78 is 9.47. The zero-order valence-corrected chi connectivity index (χ0v) is 5.87. The molecule has 0 aromatic rings. The average Bonchev–Trinajstić information content (AvgIpc) is 2.34. The van der Waals surface area contributed by atoms with Crippen molar-refractivity contribution in [3.05, 3.63) is 0 Å². The van der Waals surface area contributed by atoms with E-state index in [0.29, 0.717) is 13.2 Å². The van der Waals surface area contributed by atoms with Gasteiger partial charge in [0.05, 0.1) is 26.2 Å². The first-order chi connectivity index (χ1) is 4.75. The lowest BCUT2D eigenvalue weighted by Crippen LogP contribution is -2.34. The van der Waals surface area contributed by atoms with Gasteiger partial charge in [0.1, 0.15) is 0 Å². The Morgan fingerprint density at radius 2 is 2.40 bits per heavy atom. The van der Waals surface area contributed by atoms with Gasteiger partial charge in [-0.1, -0.05) is 0 Å². The lowest BCUT2D eigenvalue weighted by molar-refractivity contribution is -0.145. The molecule has 0 amide bonds. The van der Waals surface area contributed by atoms with Gasteiger partial charge in [-0.25, -0.2) is 0 Å². The first-order valence-corrected chi connectivity index (χ1v) is 3.17. The average molecular weight is 145 g/mol. The van der Waals surface area contributed by atoms with E-state index < -0.39 is 0 Å². The third kappa shape index (κ3) is 1.27. The van der Waals surface area contributed by atoms with Crippen molar-refractivity contribution < 1.29 is 14.3 Å². The van der Waals surface area contributed by atoms with Gasteiger partial charge in [0.15, 0.2) is 0 Å². The molecular formula is C6H11NO3. The minimum atomic E-state index is -0.273. The number of nitrogens with two attached hydrogens (primary N) is 1. The molecule has 0 aromatic carbocycles. The van der Waals surface area contributed by atoms with Crippen LogP contribution in [0.2, 0.25) is 0 Å². The smallest absolute Gasteiger partial charge is 0.312 e. The zero-order chi connectivity index (χ0) is 7.56. The molecule has 10 heavy (non-hydrogen) atoms. The normalized spacial score (nSPS) is 32.2. The van der Waals surface area contributed by atoms with Crippen molar-refractivity contribution >= 4 is 5.97 Å². The zero-order valence-electron chi connectivity index (χ0n) is 5.87. The Labute approximate surface area is 59.3 Å². The maximum atomic E-state index is 10.8. The third-order valence-electron chi connectivity index (χ3n) is 1.63. The van der Waals surface area contributed by atoms with E-state index in [2.05, 4.69) is 4.74 Å². The van der Waals surface area contributed by atoms with E-state index in [1.54, 1.807) is 0 Å². The molecule has 0 bridgehead atoms. The quantitative estimate of drug-likeness (QED) is 0.487. The maximum Gasteiger partial charge on any atom is 0.312 e. The number of carbonyl (C=O) groups is 1. The Kier molecular flexibility index (Phi) is 2.24. The Morgan fingerprint density at radius 1 is 1.70 bits per heavy atom. The topological polar surface area (TPSA) is 61.5 Å². The van der Waals surface area contributed by atoms with Crippen LogP contribution in [0.5, 0.6) is 0 Å². The summed E-state index contributed by atoms with van der Waals surface area (Å²) >= 11 is 0. The fraction of sp³-hybridized carbons (Fsp3) is 0.833. The predicted molar refractivity (Wildman–Crippen MR) is 34.3 cm³/mol. The van der Waals surface area contributed by atoms with Gasteiger partial charge < -0.3 is 15.2 Å². The van der Waals surface area contributed by atoms with Crippen molar-refractivity contribution in [2.75, 3.05) is 20.3 Å². The van der Waals surface area contributed by atoms with Gasteiger partial charge in [0, 0.05) is 6.04 Å². The Hall–Kier alpha value is -0.610. The van der Waals surface area contributed by atoms with Crippen LogP contribution < -0.4 is 5.73 Å². The van der Waals surface area contributed by atoms with E-state index in [1.807, 2.05) is 0 Å². The molecule has 4 nitrogen and oxygen atoms in total. The predicted octanol–water partition coefficient (Wildman–Crippen LogP) is -0.867. The van der Waals surface area contributed by atoms with Gasteiger partial charge in [0.2, 0.25) is 0 Å². The molecule has 1 rings (SSSR count). The van der Waals surface area contributed by atoms with Crippen LogP contribution >= 0.6 is 0 Å². The van der Waals surface area contributed by atoms with Gasteiger partial charge >= 0.3 is 5.97 Å². The minimum Gasteiger partial charge on any atom is -0.469 e. The summed E-state index contributed by atoms with van der Waals surface area (Å²) in [6, 6.07) is -0.188. The van der Waals surface area contributed by atoms with Gasteiger partial charge in [-0.15, -0.1) is 0 Å². The molecular weight excluding hydrogens is 134 g/mol. The number of ether oxygens (including phenoxy) is 2. The minimum absolute atomic E-state index is 0.188. The highest BCUT2D eigenvalue weighted by Gasteiger charge is 2.31. The molecule has 58 valence electrons. The van der Waals surface area contributed by atoms with E-state index in [9.17, 15) is 4.79 Å². The highest BCUT2D eigenvalue weighted by molar-refractivity contribution is 5.73. The van der Waals surface area contributed by atoms with Crippen molar-refractivity contribution in [1.29, 1.82) is 0 Å². The molecule has 0 saturated carbocycles. The number of esters is 1. The maximum absolute atomic E-state index is 10.8. The second-order valence-corrected chi connectivity index (χ2v) is 2.33. The van der Waals surface area contributed by atoms with Gasteiger partial charge in [-0.05, 0) is 0 Å². The molecule has 1 aliphatic heterocycles. The lowest BCUT2D eigenvalue weighted by Gasteiger charge is -2.08. The third-order valence-corrected chi connectivity index (χ3v) is 1.63. The molecule has 1 heterocycles. The van der Waals surface area contributed by atoms with E-state index in [0.717, 1.165) is 0 Å². The van der Waals surface area contributed by atoms with Crippen molar-refractivity contribution in [2.45, 2.75) is 6.04 Å². The highest BCUT2D eigenvalue weighted by Crippen LogP contribution is 2.12. The van der Waals surface area contributed by atoms with Gasteiger partial charge in [-0.3, -0.25) is 4.79 Å². The number of hydrogen-bond acceptors (Lipinski definition) is 4.